The smallest absolute Gasteiger partial charge is 0.244 e. The van der Waals surface area contributed by atoms with Gasteiger partial charge < -0.3 is 19.9 Å². The number of hydrogen-bond donors (Lipinski definition) is 1. The molecule has 2 saturated heterocycles. The van der Waals surface area contributed by atoms with Crippen LogP contribution < -0.4 is 15.0 Å². The van der Waals surface area contributed by atoms with Crippen LogP contribution >= 0.6 is 11.6 Å². The molecule has 0 spiro atoms. The highest BCUT2D eigenvalue weighted by Crippen LogP contribution is 2.32. The Morgan fingerprint density at radius 3 is 2.51 bits per heavy atom. The highest BCUT2D eigenvalue weighted by Gasteiger charge is 2.27. The third kappa shape index (κ3) is 6.77. The predicted molar refractivity (Wildman–Crippen MR) is 164 cm³/mol. The molecule has 1 N–H and O–H groups in total. The number of sulfonamides is 1. The number of nitrogens with one attached hydrogen (secondary N) is 1. The number of benzene rings is 2. The average molecular weight is 599 g/mol. The topological polar surface area (TPSA) is 90.9 Å². The highest BCUT2D eigenvalue weighted by atomic mass is 35.5. The molecule has 1 aromatic heterocycles. The Labute approximate surface area is 248 Å². The van der Waals surface area contributed by atoms with Crippen LogP contribution in [0.25, 0.3) is 0 Å². The minimum Gasteiger partial charge on any atom is -0.494 e. The molecule has 0 radical (unpaired) electrons. The van der Waals surface area contributed by atoms with Gasteiger partial charge in [-0.05, 0) is 63.9 Å². The summed E-state index contributed by atoms with van der Waals surface area (Å²) in [6, 6.07) is 13.8. The van der Waals surface area contributed by atoms with Crippen molar-refractivity contribution >= 4 is 38.8 Å². The van der Waals surface area contributed by atoms with E-state index >= 15 is 0 Å². The first kappa shape index (κ1) is 29.6. The molecule has 2 aliphatic heterocycles. The van der Waals surface area contributed by atoms with Crippen molar-refractivity contribution in [3.63, 3.8) is 0 Å². The maximum atomic E-state index is 12.9. The summed E-state index contributed by atoms with van der Waals surface area (Å²) in [4.78, 5) is 14.4. The summed E-state index contributed by atoms with van der Waals surface area (Å²) in [7, 11) is -0.671. The molecule has 220 valence electrons. The van der Waals surface area contributed by atoms with Gasteiger partial charge in [0.2, 0.25) is 10.0 Å². The first-order valence-corrected chi connectivity index (χ1v) is 16.1. The number of piperidine rings is 1. The van der Waals surface area contributed by atoms with Gasteiger partial charge >= 0.3 is 0 Å². The van der Waals surface area contributed by atoms with E-state index in [-0.39, 0.29) is 4.90 Å². The molecule has 0 aliphatic carbocycles. The lowest BCUT2D eigenvalue weighted by Crippen LogP contribution is -2.43. The number of anilines is 3. The zero-order valence-corrected chi connectivity index (χ0v) is 25.6. The van der Waals surface area contributed by atoms with Crippen molar-refractivity contribution in [1.29, 1.82) is 0 Å². The fourth-order valence-electron chi connectivity index (χ4n) is 5.64. The Morgan fingerprint density at radius 2 is 1.80 bits per heavy atom. The van der Waals surface area contributed by atoms with Crippen molar-refractivity contribution < 1.29 is 13.2 Å². The van der Waals surface area contributed by atoms with Crippen LogP contribution in [0.1, 0.15) is 44.0 Å². The second-order valence-corrected chi connectivity index (χ2v) is 13.3. The van der Waals surface area contributed by atoms with Crippen molar-refractivity contribution in [2.75, 3.05) is 57.1 Å². The van der Waals surface area contributed by atoms with Crippen LogP contribution in [0, 0.1) is 0 Å². The summed E-state index contributed by atoms with van der Waals surface area (Å²) in [6.07, 6.45) is 7.03. The zero-order valence-electron chi connectivity index (χ0n) is 24.0. The molecule has 11 heteroatoms. The minimum absolute atomic E-state index is 0.139. The second kappa shape index (κ2) is 12.9. The summed E-state index contributed by atoms with van der Waals surface area (Å²) >= 11 is 6.44. The Morgan fingerprint density at radius 1 is 1.07 bits per heavy atom. The molecule has 3 aromatic rings. The van der Waals surface area contributed by atoms with Gasteiger partial charge in [-0.3, -0.25) is 0 Å². The van der Waals surface area contributed by atoms with E-state index in [0.717, 1.165) is 24.4 Å². The predicted octanol–water partition coefficient (Wildman–Crippen LogP) is 5.18. The van der Waals surface area contributed by atoms with Crippen molar-refractivity contribution in [2.45, 2.75) is 50.0 Å². The van der Waals surface area contributed by atoms with E-state index in [1.807, 2.05) is 6.92 Å². The standard InChI is InChI=1S/C30H39ClN6O3S/c1-4-40-27-20-24(37-17-13-23(14-18-37)36-15-7-8-16-36)12-11-22(27)19-29-32-21-25(31)30(34-29)33-26-9-5-6-10-28(26)41(38,39)35(2)3/h5-6,9-12,20-21,23H,4,7-8,13-19H2,1-3H3,(H,32,33,34). The average Bonchev–Trinajstić information content (AvgIpc) is 3.51. The number of nitrogens with zero attached hydrogens (tertiary/aromatic N) is 5. The van der Waals surface area contributed by atoms with Crippen LogP contribution in [-0.4, -0.2) is 80.5 Å². The van der Waals surface area contributed by atoms with Crippen molar-refractivity contribution in [2.24, 2.45) is 0 Å². The quantitative estimate of drug-likeness (QED) is 0.341. The summed E-state index contributed by atoms with van der Waals surface area (Å²) in [6.45, 7) is 7.13. The lowest BCUT2D eigenvalue weighted by Gasteiger charge is -2.38. The number of hydrogen-bond acceptors (Lipinski definition) is 8. The SMILES string of the molecule is CCOc1cc(N2CCC(N3CCCC3)CC2)ccc1Cc1ncc(Cl)c(Nc2ccccc2S(=O)(=O)N(C)C)n1. The highest BCUT2D eigenvalue weighted by molar-refractivity contribution is 7.89. The van der Waals surface area contributed by atoms with Gasteiger partial charge in [0.1, 0.15) is 21.5 Å². The lowest BCUT2D eigenvalue weighted by atomic mass is 10.0. The number of likely N-dealkylation sites (tertiary alicyclic amines) is 1. The van der Waals surface area contributed by atoms with Crippen LogP contribution in [0.4, 0.5) is 17.2 Å². The van der Waals surface area contributed by atoms with E-state index < -0.39 is 10.0 Å². The lowest BCUT2D eigenvalue weighted by molar-refractivity contribution is 0.208. The van der Waals surface area contributed by atoms with Crippen LogP contribution in [0.3, 0.4) is 0 Å². The van der Waals surface area contributed by atoms with Gasteiger partial charge in [0.25, 0.3) is 0 Å². The molecule has 0 unspecified atom stereocenters. The van der Waals surface area contributed by atoms with E-state index in [0.29, 0.717) is 41.4 Å². The van der Waals surface area contributed by atoms with Gasteiger partial charge in [0, 0.05) is 57.0 Å². The molecule has 0 atom stereocenters. The fourth-order valence-corrected chi connectivity index (χ4v) is 6.82. The second-order valence-electron chi connectivity index (χ2n) is 10.8. The van der Waals surface area contributed by atoms with Gasteiger partial charge in [-0.2, -0.15) is 0 Å². The molecular formula is C30H39ClN6O3S. The Kier molecular flexibility index (Phi) is 9.33. The van der Waals surface area contributed by atoms with Crippen molar-refractivity contribution in [1.82, 2.24) is 19.2 Å². The first-order valence-electron chi connectivity index (χ1n) is 14.3. The third-order valence-corrected chi connectivity index (χ3v) is 10.0. The van der Waals surface area contributed by atoms with Crippen LogP contribution in [0.5, 0.6) is 5.75 Å². The molecule has 2 fully saturated rings. The van der Waals surface area contributed by atoms with E-state index in [4.69, 9.17) is 16.3 Å². The summed E-state index contributed by atoms with van der Waals surface area (Å²) in [5.74, 6) is 1.71. The Bertz CT molecular complexity index is 1450. The molecule has 41 heavy (non-hydrogen) atoms. The van der Waals surface area contributed by atoms with E-state index in [1.165, 1.54) is 69.1 Å². The molecule has 5 rings (SSSR count). The zero-order chi connectivity index (χ0) is 29.0. The molecule has 9 nitrogen and oxygen atoms in total. The number of aromatic nitrogens is 2. The van der Waals surface area contributed by atoms with Gasteiger partial charge in [-0.25, -0.2) is 22.7 Å². The molecule has 2 aromatic carbocycles. The van der Waals surface area contributed by atoms with Gasteiger partial charge in [-0.15, -0.1) is 0 Å². The molecule has 3 heterocycles. The Balaban J connectivity index is 1.33. The van der Waals surface area contributed by atoms with Gasteiger partial charge in [0.15, 0.2) is 5.82 Å². The normalized spacial score (nSPS) is 16.9. The molecular weight excluding hydrogens is 560 g/mol. The molecule has 0 bridgehead atoms. The summed E-state index contributed by atoms with van der Waals surface area (Å²) < 4.78 is 32.9. The fraction of sp³-hybridized carbons (Fsp3) is 0.467. The van der Waals surface area contributed by atoms with E-state index in [9.17, 15) is 8.42 Å². The van der Waals surface area contributed by atoms with Crippen LogP contribution in [-0.2, 0) is 16.4 Å². The molecule has 0 amide bonds. The Hall–Kier alpha value is -2.92. The molecule has 0 saturated carbocycles. The van der Waals surface area contributed by atoms with Gasteiger partial charge in [0.05, 0.1) is 18.5 Å². The summed E-state index contributed by atoms with van der Waals surface area (Å²) in [5, 5.41) is 3.41. The maximum absolute atomic E-state index is 12.9. The number of para-hydroxylation sites is 1. The van der Waals surface area contributed by atoms with Gasteiger partial charge in [-0.1, -0.05) is 29.8 Å². The number of halogens is 1. The van der Waals surface area contributed by atoms with E-state index in [2.05, 4.69) is 43.3 Å². The number of ether oxygens (including phenoxy) is 1. The van der Waals surface area contributed by atoms with Crippen LogP contribution in [0.15, 0.2) is 53.6 Å². The molecule has 2 aliphatic rings. The first-order chi connectivity index (χ1) is 19.8. The minimum atomic E-state index is -3.67. The monoisotopic (exact) mass is 598 g/mol. The van der Waals surface area contributed by atoms with Crippen molar-refractivity contribution in [3.05, 3.63) is 65.1 Å². The van der Waals surface area contributed by atoms with E-state index in [1.54, 1.807) is 24.3 Å². The van der Waals surface area contributed by atoms with Crippen LogP contribution in [0.2, 0.25) is 5.02 Å². The third-order valence-electron chi connectivity index (χ3n) is 7.88. The number of rotatable bonds is 10. The van der Waals surface area contributed by atoms with Crippen molar-refractivity contribution in [3.8, 4) is 5.75 Å². The maximum Gasteiger partial charge on any atom is 0.244 e. The largest absolute Gasteiger partial charge is 0.494 e. The summed E-state index contributed by atoms with van der Waals surface area (Å²) in [5.41, 5.74) is 2.54.